The van der Waals surface area contributed by atoms with Crippen LogP contribution in [-0.4, -0.2) is 46.5 Å². The second-order valence-corrected chi connectivity index (χ2v) is 5.50. The minimum absolute atomic E-state index is 0.0467. The summed E-state index contributed by atoms with van der Waals surface area (Å²) in [5, 5.41) is 2.81. The number of nitrogens with one attached hydrogen (secondary N) is 1. The number of nitrogens with zero attached hydrogens (tertiary/aromatic N) is 2. The lowest BCUT2D eigenvalue weighted by atomic mass is 9.87. The number of thiocarbonyl (C=S) groups is 1. The number of carbonyl (C=O) groups excluding carboxylic acids is 1. The number of hydrogen-bond donors (Lipinski definition) is 2. The lowest BCUT2D eigenvalue weighted by Gasteiger charge is -2.40. The van der Waals surface area contributed by atoms with E-state index >= 15 is 0 Å². The van der Waals surface area contributed by atoms with E-state index in [-0.39, 0.29) is 10.6 Å². The van der Waals surface area contributed by atoms with E-state index in [0.717, 1.165) is 19.3 Å². The lowest BCUT2D eigenvalue weighted by molar-refractivity contribution is 0.0886. The molecule has 0 saturated carbocycles. The Morgan fingerprint density at radius 1 is 1.55 bits per heavy atom. The minimum atomic E-state index is -0.741. The smallest absolute Gasteiger partial charge is 0.255 e. The Morgan fingerprint density at radius 3 is 2.75 bits per heavy atom. The zero-order valence-electron chi connectivity index (χ0n) is 11.2. The van der Waals surface area contributed by atoms with Crippen molar-refractivity contribution < 1.29 is 9.18 Å². The monoisotopic (exact) mass is 296 g/mol. The molecule has 1 fully saturated rings. The maximum atomic E-state index is 13.6. The topological polar surface area (TPSA) is 71.2 Å². The zero-order chi connectivity index (χ0) is 14.8. The summed E-state index contributed by atoms with van der Waals surface area (Å²) in [6.45, 7) is 1.55. The number of aromatic nitrogens is 1. The van der Waals surface area contributed by atoms with Crippen LogP contribution in [0.4, 0.5) is 4.39 Å². The molecular formula is C13H17FN4OS. The van der Waals surface area contributed by atoms with Crippen LogP contribution in [-0.2, 0) is 0 Å². The number of likely N-dealkylation sites (tertiary alicyclic amines) is 1. The van der Waals surface area contributed by atoms with Crippen LogP contribution in [0.3, 0.4) is 0 Å². The fourth-order valence-electron chi connectivity index (χ4n) is 2.28. The van der Waals surface area contributed by atoms with E-state index in [0.29, 0.717) is 12.8 Å². The van der Waals surface area contributed by atoms with Gasteiger partial charge in [-0.3, -0.25) is 9.78 Å². The Bertz CT molecular complexity index is 529. The molecule has 0 unspecified atom stereocenters. The van der Waals surface area contributed by atoms with Crippen LogP contribution >= 0.6 is 12.2 Å². The lowest BCUT2D eigenvalue weighted by Crippen LogP contribution is -2.61. The van der Waals surface area contributed by atoms with E-state index in [1.54, 1.807) is 0 Å². The van der Waals surface area contributed by atoms with Gasteiger partial charge in [-0.1, -0.05) is 12.2 Å². The minimum Gasteiger partial charge on any atom is -0.391 e. The van der Waals surface area contributed by atoms with Crippen molar-refractivity contribution in [1.29, 1.82) is 0 Å². The number of rotatable bonds is 3. The normalized spacial score (nSPS) is 18.5. The van der Waals surface area contributed by atoms with Gasteiger partial charge in [0.25, 0.3) is 5.91 Å². The maximum Gasteiger partial charge on any atom is 0.255 e. The highest BCUT2D eigenvalue weighted by Crippen LogP contribution is 2.23. The largest absolute Gasteiger partial charge is 0.391 e. The first-order valence-corrected chi connectivity index (χ1v) is 6.76. The quantitative estimate of drug-likeness (QED) is 0.804. The fraction of sp³-hybridized carbons (Fsp3) is 0.462. The first-order chi connectivity index (χ1) is 9.44. The average molecular weight is 296 g/mol. The third-order valence-corrected chi connectivity index (χ3v) is 4.07. The molecule has 108 valence electrons. The molecule has 1 aromatic rings. The summed E-state index contributed by atoms with van der Waals surface area (Å²) in [6, 6.07) is 1.34. The predicted molar refractivity (Wildman–Crippen MR) is 77.9 cm³/mol. The SMILES string of the molecule is CN1CCC(NC(=O)c2ccncc2F)(C(N)=S)CC1. The van der Waals surface area contributed by atoms with Crippen LogP contribution in [0, 0.1) is 5.82 Å². The van der Waals surface area contributed by atoms with Gasteiger partial charge in [0, 0.05) is 19.3 Å². The highest BCUT2D eigenvalue weighted by molar-refractivity contribution is 7.80. The molecule has 5 nitrogen and oxygen atoms in total. The second kappa shape index (κ2) is 5.80. The standard InChI is InChI=1S/C13H17FN4OS/c1-18-6-3-13(4-7-18,12(15)20)17-11(19)9-2-5-16-8-10(9)14/h2,5,8H,3-4,6-7H2,1H3,(H2,15,20)(H,17,19). The summed E-state index contributed by atoms with van der Waals surface area (Å²) in [5.74, 6) is -1.17. The number of amides is 1. The molecule has 1 saturated heterocycles. The van der Waals surface area contributed by atoms with Crippen LogP contribution in [0.5, 0.6) is 0 Å². The van der Waals surface area contributed by atoms with Gasteiger partial charge in [0.05, 0.1) is 22.3 Å². The summed E-state index contributed by atoms with van der Waals surface area (Å²) in [4.78, 5) is 18.2. The van der Waals surface area contributed by atoms with Crippen LogP contribution in [0.25, 0.3) is 0 Å². The van der Waals surface area contributed by atoms with E-state index in [9.17, 15) is 9.18 Å². The molecule has 0 bridgehead atoms. The fourth-order valence-corrected chi connectivity index (χ4v) is 2.53. The molecule has 2 heterocycles. The van der Waals surface area contributed by atoms with Crippen molar-refractivity contribution >= 4 is 23.1 Å². The summed E-state index contributed by atoms with van der Waals surface area (Å²) >= 11 is 5.11. The molecule has 1 aliphatic rings. The van der Waals surface area contributed by atoms with E-state index < -0.39 is 17.3 Å². The number of carbonyl (C=O) groups is 1. The van der Waals surface area contributed by atoms with Crippen molar-refractivity contribution in [2.45, 2.75) is 18.4 Å². The van der Waals surface area contributed by atoms with Crippen molar-refractivity contribution in [3.63, 3.8) is 0 Å². The third-order valence-electron chi connectivity index (χ3n) is 3.68. The molecule has 0 radical (unpaired) electrons. The molecule has 2 rings (SSSR count). The number of piperidine rings is 1. The molecule has 3 N–H and O–H groups in total. The molecule has 1 amide bonds. The van der Waals surface area contributed by atoms with Gasteiger partial charge in [0.1, 0.15) is 0 Å². The Balaban J connectivity index is 2.19. The number of hydrogen-bond acceptors (Lipinski definition) is 4. The van der Waals surface area contributed by atoms with E-state index in [1.165, 1.54) is 12.3 Å². The molecule has 1 aliphatic heterocycles. The zero-order valence-corrected chi connectivity index (χ0v) is 12.0. The number of halogens is 1. The van der Waals surface area contributed by atoms with Gasteiger partial charge >= 0.3 is 0 Å². The van der Waals surface area contributed by atoms with Crippen LogP contribution in [0.15, 0.2) is 18.5 Å². The Labute approximate surface area is 122 Å². The molecule has 0 aromatic carbocycles. The maximum absolute atomic E-state index is 13.6. The van der Waals surface area contributed by atoms with Crippen LogP contribution < -0.4 is 11.1 Å². The third kappa shape index (κ3) is 2.94. The van der Waals surface area contributed by atoms with E-state index in [4.69, 9.17) is 18.0 Å². The van der Waals surface area contributed by atoms with Crippen molar-refractivity contribution in [3.05, 3.63) is 29.8 Å². The second-order valence-electron chi connectivity index (χ2n) is 5.06. The van der Waals surface area contributed by atoms with Gasteiger partial charge < -0.3 is 16.0 Å². The van der Waals surface area contributed by atoms with Crippen molar-refractivity contribution in [1.82, 2.24) is 15.2 Å². The first kappa shape index (κ1) is 14.8. The number of nitrogens with two attached hydrogens (primary N) is 1. The summed E-state index contributed by atoms with van der Waals surface area (Å²) < 4.78 is 13.6. The average Bonchev–Trinajstić information content (AvgIpc) is 2.41. The molecule has 7 heteroatoms. The molecule has 20 heavy (non-hydrogen) atoms. The molecule has 1 aromatic heterocycles. The van der Waals surface area contributed by atoms with Gasteiger partial charge in [-0.15, -0.1) is 0 Å². The van der Waals surface area contributed by atoms with Crippen molar-refractivity contribution in [2.24, 2.45) is 5.73 Å². The van der Waals surface area contributed by atoms with Gasteiger partial charge in [0.15, 0.2) is 5.82 Å². The van der Waals surface area contributed by atoms with Crippen molar-refractivity contribution in [2.75, 3.05) is 20.1 Å². The first-order valence-electron chi connectivity index (χ1n) is 6.35. The Kier molecular flexibility index (Phi) is 4.29. The highest BCUT2D eigenvalue weighted by atomic mass is 32.1. The molecule has 0 atom stereocenters. The van der Waals surface area contributed by atoms with Crippen LogP contribution in [0.2, 0.25) is 0 Å². The van der Waals surface area contributed by atoms with E-state index in [1.807, 2.05) is 7.05 Å². The summed E-state index contributed by atoms with van der Waals surface area (Å²) in [6.07, 6.45) is 3.63. The summed E-state index contributed by atoms with van der Waals surface area (Å²) in [5.41, 5.74) is 5.02. The van der Waals surface area contributed by atoms with E-state index in [2.05, 4.69) is 15.2 Å². The van der Waals surface area contributed by atoms with Gasteiger partial charge in [-0.05, 0) is 26.0 Å². The highest BCUT2D eigenvalue weighted by Gasteiger charge is 2.38. The van der Waals surface area contributed by atoms with Crippen molar-refractivity contribution in [3.8, 4) is 0 Å². The Morgan fingerprint density at radius 2 is 2.20 bits per heavy atom. The Hall–Kier alpha value is -1.60. The predicted octanol–water partition coefficient (Wildman–Crippen LogP) is 0.701. The van der Waals surface area contributed by atoms with Gasteiger partial charge in [0.2, 0.25) is 0 Å². The summed E-state index contributed by atoms with van der Waals surface area (Å²) in [7, 11) is 1.99. The number of pyridine rings is 1. The van der Waals surface area contributed by atoms with Gasteiger partial charge in [-0.2, -0.15) is 0 Å². The molecule has 0 aliphatic carbocycles. The molecular weight excluding hydrogens is 279 g/mol. The van der Waals surface area contributed by atoms with Crippen LogP contribution in [0.1, 0.15) is 23.2 Å². The molecule has 0 spiro atoms. The van der Waals surface area contributed by atoms with Gasteiger partial charge in [-0.25, -0.2) is 4.39 Å².